The third-order valence-corrected chi connectivity index (χ3v) is 3.53. The molecule has 0 aromatic heterocycles. The number of benzene rings is 1. The summed E-state index contributed by atoms with van der Waals surface area (Å²) in [5.41, 5.74) is 1.61. The monoisotopic (exact) mass is 317 g/mol. The Bertz CT molecular complexity index is 583. The molecule has 23 heavy (non-hydrogen) atoms. The molecule has 2 N–H and O–H groups in total. The van der Waals surface area contributed by atoms with Crippen molar-refractivity contribution >= 4 is 17.6 Å². The molecular weight excluding hydrogens is 294 g/mol. The van der Waals surface area contributed by atoms with Crippen LogP contribution in [-0.2, 0) is 4.79 Å². The molecule has 0 bridgehead atoms. The molecule has 124 valence electrons. The van der Waals surface area contributed by atoms with Gasteiger partial charge in [0.2, 0.25) is 5.91 Å². The average molecular weight is 317 g/mol. The Morgan fingerprint density at radius 1 is 1.39 bits per heavy atom. The number of carbonyl (C=O) groups excluding carboxylic acids is 2. The summed E-state index contributed by atoms with van der Waals surface area (Å²) in [7, 11) is 0. The molecule has 1 aliphatic heterocycles. The molecule has 1 saturated heterocycles. The minimum Gasteiger partial charge on any atom is -0.489 e. The Hall–Kier alpha value is -2.50. The molecule has 1 fully saturated rings. The van der Waals surface area contributed by atoms with E-state index >= 15 is 0 Å². The zero-order valence-electron chi connectivity index (χ0n) is 13.6. The molecule has 3 amide bonds. The van der Waals surface area contributed by atoms with Gasteiger partial charge >= 0.3 is 6.03 Å². The van der Waals surface area contributed by atoms with E-state index in [9.17, 15) is 9.59 Å². The number of likely N-dealkylation sites (N-methyl/N-ethyl adjacent to an activating group) is 1. The number of rotatable bonds is 6. The highest BCUT2D eigenvalue weighted by Crippen LogP contribution is 2.16. The SMILES string of the molecule is C=C(C)COc1ccc(NC(=O)N[C@@H]2CC(=O)N(CC)C2)cc1. The summed E-state index contributed by atoms with van der Waals surface area (Å²) >= 11 is 0. The number of urea groups is 1. The van der Waals surface area contributed by atoms with Gasteiger partial charge in [0.15, 0.2) is 0 Å². The van der Waals surface area contributed by atoms with E-state index in [0.29, 0.717) is 31.8 Å². The molecular formula is C17H23N3O3. The zero-order chi connectivity index (χ0) is 16.8. The van der Waals surface area contributed by atoms with E-state index in [2.05, 4.69) is 17.2 Å². The normalized spacial score (nSPS) is 17.0. The van der Waals surface area contributed by atoms with Gasteiger partial charge < -0.3 is 20.3 Å². The van der Waals surface area contributed by atoms with Crippen LogP contribution in [0.1, 0.15) is 20.3 Å². The van der Waals surface area contributed by atoms with Crippen molar-refractivity contribution in [1.82, 2.24) is 10.2 Å². The Morgan fingerprint density at radius 2 is 2.09 bits per heavy atom. The van der Waals surface area contributed by atoms with Gasteiger partial charge in [-0.2, -0.15) is 0 Å². The van der Waals surface area contributed by atoms with Crippen LogP contribution < -0.4 is 15.4 Å². The van der Waals surface area contributed by atoms with Crippen LogP contribution in [0.25, 0.3) is 0 Å². The van der Waals surface area contributed by atoms with Gasteiger partial charge in [0, 0.05) is 25.2 Å². The van der Waals surface area contributed by atoms with E-state index in [-0.39, 0.29) is 18.0 Å². The largest absolute Gasteiger partial charge is 0.489 e. The summed E-state index contributed by atoms with van der Waals surface area (Å²) in [6.07, 6.45) is 0.356. The number of ether oxygens (including phenoxy) is 1. The van der Waals surface area contributed by atoms with Crippen molar-refractivity contribution in [2.24, 2.45) is 0 Å². The van der Waals surface area contributed by atoms with Gasteiger partial charge in [-0.05, 0) is 43.7 Å². The van der Waals surface area contributed by atoms with Crippen molar-refractivity contribution in [3.8, 4) is 5.75 Å². The number of amides is 3. The van der Waals surface area contributed by atoms with Gasteiger partial charge in [-0.1, -0.05) is 6.58 Å². The average Bonchev–Trinajstić information content (AvgIpc) is 2.86. The Labute approximate surface area is 136 Å². The summed E-state index contributed by atoms with van der Waals surface area (Å²) in [5, 5.41) is 5.58. The third-order valence-electron chi connectivity index (χ3n) is 3.53. The summed E-state index contributed by atoms with van der Waals surface area (Å²) in [6, 6.07) is 6.67. The maximum Gasteiger partial charge on any atom is 0.319 e. The molecule has 0 radical (unpaired) electrons. The summed E-state index contributed by atoms with van der Waals surface area (Å²) in [6.45, 7) is 9.31. The first kappa shape index (κ1) is 16.9. The predicted octanol–water partition coefficient (Wildman–Crippen LogP) is 2.38. The minimum absolute atomic E-state index is 0.0804. The lowest BCUT2D eigenvalue weighted by molar-refractivity contribution is -0.127. The predicted molar refractivity (Wildman–Crippen MR) is 89.6 cm³/mol. The van der Waals surface area contributed by atoms with E-state index in [1.807, 2.05) is 13.8 Å². The number of anilines is 1. The number of nitrogens with one attached hydrogen (secondary N) is 2. The van der Waals surface area contributed by atoms with E-state index < -0.39 is 0 Å². The van der Waals surface area contributed by atoms with Crippen LogP contribution in [0.2, 0.25) is 0 Å². The lowest BCUT2D eigenvalue weighted by Gasteiger charge is -2.15. The summed E-state index contributed by atoms with van der Waals surface area (Å²) in [5.74, 6) is 0.802. The van der Waals surface area contributed by atoms with Gasteiger partial charge in [-0.3, -0.25) is 4.79 Å². The van der Waals surface area contributed by atoms with Crippen LogP contribution >= 0.6 is 0 Å². The van der Waals surface area contributed by atoms with Gasteiger partial charge in [0.25, 0.3) is 0 Å². The Kier molecular flexibility index (Phi) is 5.62. The number of likely N-dealkylation sites (tertiary alicyclic amines) is 1. The van der Waals surface area contributed by atoms with Gasteiger partial charge in [0.1, 0.15) is 12.4 Å². The highest BCUT2D eigenvalue weighted by atomic mass is 16.5. The molecule has 1 aromatic rings. The standard InChI is InChI=1S/C17H23N3O3/c1-4-20-10-14(9-16(20)21)19-17(22)18-13-5-7-15(8-6-13)23-11-12(2)3/h5-8,14H,2,4,9-11H2,1,3H3,(H2,18,19,22)/t14-/m1/s1. The van der Waals surface area contributed by atoms with Crippen LogP contribution in [0.15, 0.2) is 36.4 Å². The quantitative estimate of drug-likeness (QED) is 0.791. The highest BCUT2D eigenvalue weighted by molar-refractivity contribution is 5.90. The van der Waals surface area contributed by atoms with Crippen LogP contribution in [0.4, 0.5) is 10.5 Å². The van der Waals surface area contributed by atoms with Crippen molar-refractivity contribution in [1.29, 1.82) is 0 Å². The molecule has 1 atom stereocenters. The van der Waals surface area contributed by atoms with E-state index in [1.165, 1.54) is 0 Å². The highest BCUT2D eigenvalue weighted by Gasteiger charge is 2.29. The van der Waals surface area contributed by atoms with Crippen LogP contribution in [0, 0.1) is 0 Å². The van der Waals surface area contributed by atoms with Crippen molar-refractivity contribution in [3.63, 3.8) is 0 Å². The molecule has 0 spiro atoms. The van der Waals surface area contributed by atoms with Crippen molar-refractivity contribution < 1.29 is 14.3 Å². The van der Waals surface area contributed by atoms with E-state index in [1.54, 1.807) is 29.2 Å². The molecule has 6 nitrogen and oxygen atoms in total. The van der Waals surface area contributed by atoms with Gasteiger partial charge in [0.05, 0.1) is 6.04 Å². The molecule has 6 heteroatoms. The Morgan fingerprint density at radius 3 is 2.65 bits per heavy atom. The molecule has 1 aromatic carbocycles. The summed E-state index contributed by atoms with van der Waals surface area (Å²) in [4.78, 5) is 25.3. The molecule has 0 saturated carbocycles. The first-order chi connectivity index (χ1) is 11.0. The lowest BCUT2D eigenvalue weighted by atomic mass is 10.2. The number of hydrogen-bond donors (Lipinski definition) is 2. The first-order valence-electron chi connectivity index (χ1n) is 7.70. The van der Waals surface area contributed by atoms with Crippen LogP contribution in [-0.4, -0.2) is 42.6 Å². The van der Waals surface area contributed by atoms with Crippen molar-refractivity contribution in [2.75, 3.05) is 25.0 Å². The van der Waals surface area contributed by atoms with E-state index in [0.717, 1.165) is 11.3 Å². The number of nitrogens with zero attached hydrogens (tertiary/aromatic N) is 1. The molecule has 1 aliphatic rings. The zero-order valence-corrected chi connectivity index (χ0v) is 13.6. The molecule has 0 unspecified atom stereocenters. The Balaban J connectivity index is 1.81. The maximum atomic E-state index is 12.0. The van der Waals surface area contributed by atoms with Crippen molar-refractivity contribution in [3.05, 3.63) is 36.4 Å². The fourth-order valence-corrected chi connectivity index (χ4v) is 2.37. The topological polar surface area (TPSA) is 70.7 Å². The number of carbonyl (C=O) groups is 2. The van der Waals surface area contributed by atoms with Crippen LogP contribution in [0.5, 0.6) is 5.75 Å². The second-order valence-electron chi connectivity index (χ2n) is 5.70. The first-order valence-corrected chi connectivity index (χ1v) is 7.70. The number of hydrogen-bond acceptors (Lipinski definition) is 3. The van der Waals surface area contributed by atoms with Crippen LogP contribution in [0.3, 0.4) is 0 Å². The second-order valence-corrected chi connectivity index (χ2v) is 5.70. The molecule has 1 heterocycles. The molecule has 0 aliphatic carbocycles. The van der Waals surface area contributed by atoms with Crippen molar-refractivity contribution in [2.45, 2.75) is 26.3 Å². The fourth-order valence-electron chi connectivity index (χ4n) is 2.37. The summed E-state index contributed by atoms with van der Waals surface area (Å²) < 4.78 is 5.50. The minimum atomic E-state index is -0.309. The molecule has 2 rings (SSSR count). The fraction of sp³-hybridized carbons (Fsp3) is 0.412. The van der Waals surface area contributed by atoms with Gasteiger partial charge in [-0.15, -0.1) is 0 Å². The lowest BCUT2D eigenvalue weighted by Crippen LogP contribution is -2.39. The van der Waals surface area contributed by atoms with E-state index in [4.69, 9.17) is 4.74 Å². The van der Waals surface area contributed by atoms with Gasteiger partial charge in [-0.25, -0.2) is 4.79 Å². The third kappa shape index (κ3) is 5.02. The second kappa shape index (κ2) is 7.67. The smallest absolute Gasteiger partial charge is 0.319 e. The maximum absolute atomic E-state index is 12.0.